The fraction of sp³-hybridized carbons (Fsp3) is 0.357. The molecule has 2 aromatic rings. The molecule has 0 aliphatic carbocycles. The van der Waals surface area contributed by atoms with Crippen molar-refractivity contribution >= 4 is 17.4 Å². The summed E-state index contributed by atoms with van der Waals surface area (Å²) in [4.78, 5) is 12.2. The topological polar surface area (TPSA) is 80.9 Å². The second-order valence-corrected chi connectivity index (χ2v) is 5.71. The minimum absolute atomic E-state index is 0.186. The van der Waals surface area contributed by atoms with E-state index in [-0.39, 0.29) is 11.9 Å². The van der Waals surface area contributed by atoms with Gasteiger partial charge in [-0.1, -0.05) is 42.6 Å². The van der Waals surface area contributed by atoms with Gasteiger partial charge in [-0.05, 0) is 28.6 Å². The Morgan fingerprint density at radius 1 is 1.30 bits per heavy atom. The van der Waals surface area contributed by atoms with Gasteiger partial charge in [0.05, 0.1) is 6.20 Å². The third-order valence-electron chi connectivity index (χ3n) is 3.10. The van der Waals surface area contributed by atoms with Gasteiger partial charge >= 0.3 is 0 Å². The average Bonchev–Trinajstić information content (AvgIpc) is 2.98. The van der Waals surface area contributed by atoms with Crippen LogP contribution in [0, 0.1) is 0 Å². The molecule has 6 heteroatoms. The summed E-state index contributed by atoms with van der Waals surface area (Å²) in [5, 5.41) is 6.42. The molecule has 20 heavy (non-hydrogen) atoms. The lowest BCUT2D eigenvalue weighted by Gasteiger charge is -2.14. The van der Waals surface area contributed by atoms with E-state index in [4.69, 9.17) is 5.73 Å². The Bertz CT molecular complexity index is 551. The molecule has 106 valence electrons. The van der Waals surface area contributed by atoms with Crippen LogP contribution in [0.25, 0.3) is 0 Å². The van der Waals surface area contributed by atoms with E-state index in [1.165, 1.54) is 11.8 Å². The average molecular weight is 290 g/mol. The molecule has 1 atom stereocenters. The van der Waals surface area contributed by atoms with Crippen LogP contribution >= 0.6 is 11.5 Å². The van der Waals surface area contributed by atoms with Gasteiger partial charge in [0.25, 0.3) is 5.91 Å². The number of benzene rings is 1. The van der Waals surface area contributed by atoms with Crippen molar-refractivity contribution in [1.29, 1.82) is 0 Å². The molecule has 0 spiro atoms. The Labute approximate surface area is 122 Å². The molecule has 2 rings (SSSR count). The van der Waals surface area contributed by atoms with E-state index in [0.29, 0.717) is 17.3 Å². The van der Waals surface area contributed by atoms with Crippen molar-refractivity contribution in [3.63, 3.8) is 0 Å². The summed E-state index contributed by atoms with van der Waals surface area (Å²) in [6.45, 7) is 4.69. The Balaban J connectivity index is 1.91. The minimum atomic E-state index is -0.221. The van der Waals surface area contributed by atoms with Crippen molar-refractivity contribution in [2.45, 2.75) is 25.8 Å². The quantitative estimate of drug-likeness (QED) is 0.883. The second-order valence-electron chi connectivity index (χ2n) is 4.92. The molecule has 1 aromatic carbocycles. The third kappa shape index (κ3) is 3.61. The molecule has 1 amide bonds. The van der Waals surface area contributed by atoms with Crippen LogP contribution in [0.2, 0.25) is 0 Å². The zero-order valence-electron chi connectivity index (χ0n) is 11.5. The maximum Gasteiger partial charge on any atom is 0.264 e. The predicted octanol–water partition coefficient (Wildman–Crippen LogP) is 2.09. The van der Waals surface area contributed by atoms with E-state index in [2.05, 4.69) is 40.9 Å². The SMILES string of the molecule is CC(C)c1ccc(C(N)CNC(=O)c2cnns2)cc1. The first-order chi connectivity index (χ1) is 9.58. The van der Waals surface area contributed by atoms with Crippen LogP contribution in [0.4, 0.5) is 0 Å². The Hall–Kier alpha value is -1.79. The molecule has 1 aromatic heterocycles. The molecule has 0 saturated carbocycles. The van der Waals surface area contributed by atoms with Crippen LogP contribution in [-0.2, 0) is 0 Å². The number of hydrogen-bond donors (Lipinski definition) is 2. The summed E-state index contributed by atoms with van der Waals surface area (Å²) >= 11 is 1.07. The molecule has 0 fully saturated rings. The predicted molar refractivity (Wildman–Crippen MR) is 79.7 cm³/mol. The maximum absolute atomic E-state index is 11.7. The molecule has 0 radical (unpaired) electrons. The molecular weight excluding hydrogens is 272 g/mol. The lowest BCUT2D eigenvalue weighted by molar-refractivity contribution is 0.0955. The van der Waals surface area contributed by atoms with Gasteiger partial charge < -0.3 is 11.1 Å². The zero-order valence-corrected chi connectivity index (χ0v) is 12.4. The molecular formula is C14H18N4OS. The van der Waals surface area contributed by atoms with Crippen molar-refractivity contribution in [3.05, 3.63) is 46.5 Å². The number of hydrogen-bond acceptors (Lipinski definition) is 5. The van der Waals surface area contributed by atoms with E-state index in [0.717, 1.165) is 17.1 Å². The number of nitrogens with one attached hydrogen (secondary N) is 1. The van der Waals surface area contributed by atoms with Gasteiger partial charge in [0.1, 0.15) is 4.88 Å². The first-order valence-corrected chi connectivity index (χ1v) is 7.26. The number of amides is 1. The zero-order chi connectivity index (χ0) is 14.5. The molecule has 0 aliphatic rings. The Kier molecular flexibility index (Phi) is 4.81. The minimum Gasteiger partial charge on any atom is -0.349 e. The molecule has 0 saturated heterocycles. The fourth-order valence-electron chi connectivity index (χ4n) is 1.80. The maximum atomic E-state index is 11.7. The van der Waals surface area contributed by atoms with Crippen LogP contribution in [-0.4, -0.2) is 22.0 Å². The normalized spacial score (nSPS) is 12.4. The summed E-state index contributed by atoms with van der Waals surface area (Å²) in [5.41, 5.74) is 8.37. The first kappa shape index (κ1) is 14.6. The molecule has 1 unspecified atom stereocenters. The van der Waals surface area contributed by atoms with Gasteiger partial charge in [0, 0.05) is 12.6 Å². The highest BCUT2D eigenvalue weighted by molar-refractivity contribution is 7.07. The number of carbonyl (C=O) groups excluding carboxylic acids is 1. The standard InChI is InChI=1S/C14H18N4OS/c1-9(2)10-3-5-11(6-4-10)12(15)7-16-14(19)13-8-17-18-20-13/h3-6,8-9,12H,7,15H2,1-2H3,(H,16,19). The third-order valence-corrected chi connectivity index (χ3v) is 3.76. The number of nitrogens with two attached hydrogens (primary N) is 1. The monoisotopic (exact) mass is 290 g/mol. The molecule has 1 heterocycles. The van der Waals surface area contributed by atoms with E-state index >= 15 is 0 Å². The fourth-order valence-corrected chi connectivity index (χ4v) is 2.23. The highest BCUT2D eigenvalue weighted by Crippen LogP contribution is 2.17. The Morgan fingerprint density at radius 3 is 2.50 bits per heavy atom. The van der Waals surface area contributed by atoms with Crippen LogP contribution in [0.15, 0.2) is 30.5 Å². The van der Waals surface area contributed by atoms with E-state index in [1.54, 1.807) is 0 Å². The number of nitrogens with zero attached hydrogens (tertiary/aromatic N) is 2. The van der Waals surface area contributed by atoms with Gasteiger partial charge in [-0.2, -0.15) is 0 Å². The number of carbonyl (C=O) groups is 1. The van der Waals surface area contributed by atoms with E-state index in [1.807, 2.05) is 12.1 Å². The highest BCUT2D eigenvalue weighted by atomic mass is 32.1. The summed E-state index contributed by atoms with van der Waals surface area (Å²) in [6, 6.07) is 7.96. The lowest BCUT2D eigenvalue weighted by atomic mass is 9.99. The van der Waals surface area contributed by atoms with Crippen LogP contribution in [0.1, 0.15) is 46.6 Å². The van der Waals surface area contributed by atoms with Crippen molar-refractivity contribution in [2.75, 3.05) is 6.54 Å². The first-order valence-electron chi connectivity index (χ1n) is 6.49. The van der Waals surface area contributed by atoms with E-state index in [9.17, 15) is 4.79 Å². The second kappa shape index (κ2) is 6.58. The molecule has 5 nitrogen and oxygen atoms in total. The van der Waals surface area contributed by atoms with Gasteiger partial charge in [-0.3, -0.25) is 4.79 Å². The summed E-state index contributed by atoms with van der Waals surface area (Å²) in [7, 11) is 0. The molecule has 0 bridgehead atoms. The van der Waals surface area contributed by atoms with Crippen LogP contribution in [0.3, 0.4) is 0 Å². The van der Waals surface area contributed by atoms with Crippen LogP contribution < -0.4 is 11.1 Å². The summed E-state index contributed by atoms with van der Waals surface area (Å²) < 4.78 is 3.65. The van der Waals surface area contributed by atoms with Gasteiger partial charge in [0.15, 0.2) is 0 Å². The smallest absolute Gasteiger partial charge is 0.264 e. The molecule has 0 aliphatic heterocycles. The van der Waals surface area contributed by atoms with Gasteiger partial charge in [-0.25, -0.2) is 0 Å². The van der Waals surface area contributed by atoms with Crippen LogP contribution in [0.5, 0.6) is 0 Å². The van der Waals surface area contributed by atoms with Crippen molar-refractivity contribution in [3.8, 4) is 0 Å². The largest absolute Gasteiger partial charge is 0.349 e. The number of rotatable bonds is 5. The molecule has 3 N–H and O–H groups in total. The summed E-state index contributed by atoms with van der Waals surface area (Å²) in [6.07, 6.45) is 1.45. The van der Waals surface area contributed by atoms with Crippen molar-refractivity contribution < 1.29 is 4.79 Å². The number of aromatic nitrogens is 2. The van der Waals surface area contributed by atoms with E-state index < -0.39 is 0 Å². The van der Waals surface area contributed by atoms with Gasteiger partial charge in [-0.15, -0.1) is 5.10 Å². The lowest BCUT2D eigenvalue weighted by Crippen LogP contribution is -2.31. The highest BCUT2D eigenvalue weighted by Gasteiger charge is 2.11. The van der Waals surface area contributed by atoms with Crippen molar-refractivity contribution in [2.24, 2.45) is 5.73 Å². The van der Waals surface area contributed by atoms with Crippen molar-refractivity contribution in [1.82, 2.24) is 14.9 Å². The van der Waals surface area contributed by atoms with Gasteiger partial charge in [0.2, 0.25) is 0 Å². The Morgan fingerprint density at radius 2 is 1.95 bits per heavy atom. The summed E-state index contributed by atoms with van der Waals surface area (Å²) in [5.74, 6) is 0.313.